The second kappa shape index (κ2) is 8.24. The van der Waals surface area contributed by atoms with Gasteiger partial charge in [0.05, 0.1) is 17.2 Å². The van der Waals surface area contributed by atoms with Gasteiger partial charge in [-0.3, -0.25) is 24.3 Å². The van der Waals surface area contributed by atoms with Gasteiger partial charge in [0.1, 0.15) is 6.54 Å². The largest absolute Gasteiger partial charge is 0.451 e. The maximum absolute atomic E-state index is 12.3. The zero-order valence-corrected chi connectivity index (χ0v) is 14.7. The first kappa shape index (κ1) is 19.1. The minimum atomic E-state index is -1.19. The fourth-order valence-corrected chi connectivity index (χ4v) is 2.16. The highest BCUT2D eigenvalue weighted by molar-refractivity contribution is 5.97. The molecule has 9 nitrogen and oxygen atoms in total. The van der Waals surface area contributed by atoms with Crippen LogP contribution in [0.4, 0.5) is 4.79 Å². The van der Waals surface area contributed by atoms with Gasteiger partial charge in [-0.1, -0.05) is 12.1 Å². The number of amides is 3. The number of nitrogens with one attached hydrogen (secondary N) is 2. The van der Waals surface area contributed by atoms with E-state index in [1.165, 1.54) is 13.3 Å². The monoisotopic (exact) mass is 360 g/mol. The first-order chi connectivity index (χ1) is 12.3. The maximum Gasteiger partial charge on any atom is 0.326 e. The van der Waals surface area contributed by atoms with E-state index >= 15 is 0 Å². The van der Waals surface area contributed by atoms with Crippen molar-refractivity contribution in [2.45, 2.75) is 39.5 Å². The van der Waals surface area contributed by atoms with E-state index in [4.69, 9.17) is 4.74 Å². The molecular formula is C17H20N4O5. The summed E-state index contributed by atoms with van der Waals surface area (Å²) in [5.74, 6) is -1.56. The lowest BCUT2D eigenvalue weighted by molar-refractivity contribution is -0.155. The average molecular weight is 360 g/mol. The lowest BCUT2D eigenvalue weighted by Gasteiger charge is -2.14. The zero-order valence-electron chi connectivity index (χ0n) is 14.7. The van der Waals surface area contributed by atoms with E-state index in [0.29, 0.717) is 10.9 Å². The molecule has 0 spiro atoms. The normalized spacial score (nSPS) is 11.8. The molecule has 0 unspecified atom stereocenters. The number of benzene rings is 1. The Kier molecular flexibility index (Phi) is 6.05. The molecule has 0 saturated heterocycles. The zero-order chi connectivity index (χ0) is 19.3. The Morgan fingerprint density at radius 1 is 1.19 bits per heavy atom. The fraction of sp³-hybridized carbons (Fsp3) is 0.353. The van der Waals surface area contributed by atoms with Gasteiger partial charge in [-0.05, 0) is 32.9 Å². The Morgan fingerprint density at radius 2 is 1.88 bits per heavy atom. The molecule has 1 aromatic carbocycles. The topological polar surface area (TPSA) is 119 Å². The number of urea groups is 1. The van der Waals surface area contributed by atoms with Crippen LogP contribution in [0.5, 0.6) is 0 Å². The van der Waals surface area contributed by atoms with Crippen LogP contribution >= 0.6 is 0 Å². The predicted molar refractivity (Wildman–Crippen MR) is 93.4 cm³/mol. The van der Waals surface area contributed by atoms with Crippen molar-refractivity contribution in [2.24, 2.45) is 0 Å². The molecule has 1 heterocycles. The number of nitrogens with zero attached hydrogens (tertiary/aromatic N) is 2. The Labute approximate surface area is 149 Å². The number of esters is 1. The van der Waals surface area contributed by atoms with Gasteiger partial charge in [-0.2, -0.15) is 0 Å². The highest BCUT2D eigenvalue weighted by atomic mass is 16.5. The van der Waals surface area contributed by atoms with Crippen LogP contribution in [-0.4, -0.2) is 39.6 Å². The number of hydrogen-bond donors (Lipinski definition) is 2. The third kappa shape index (κ3) is 4.88. The van der Waals surface area contributed by atoms with Crippen molar-refractivity contribution >= 4 is 28.8 Å². The first-order valence-electron chi connectivity index (χ1n) is 8.03. The van der Waals surface area contributed by atoms with Crippen LogP contribution in [0, 0.1) is 0 Å². The number of ether oxygens (including phenoxy) is 1. The second-order valence-corrected chi connectivity index (χ2v) is 5.94. The number of carbonyl (C=O) groups is 3. The van der Waals surface area contributed by atoms with Crippen molar-refractivity contribution in [2.75, 3.05) is 0 Å². The van der Waals surface area contributed by atoms with E-state index in [-0.39, 0.29) is 11.6 Å². The molecule has 0 aliphatic carbocycles. The van der Waals surface area contributed by atoms with Gasteiger partial charge in [-0.25, -0.2) is 9.78 Å². The molecule has 2 N–H and O–H groups in total. The summed E-state index contributed by atoms with van der Waals surface area (Å²) in [5, 5.41) is 4.92. The summed E-state index contributed by atoms with van der Waals surface area (Å²) in [6, 6.07) is 5.92. The minimum Gasteiger partial charge on any atom is -0.451 e. The van der Waals surface area contributed by atoms with Crippen LogP contribution in [0.15, 0.2) is 35.4 Å². The van der Waals surface area contributed by atoms with Crippen LogP contribution in [0.25, 0.3) is 10.9 Å². The van der Waals surface area contributed by atoms with Crippen molar-refractivity contribution in [3.8, 4) is 0 Å². The van der Waals surface area contributed by atoms with Gasteiger partial charge in [-0.15, -0.1) is 0 Å². The van der Waals surface area contributed by atoms with E-state index in [9.17, 15) is 19.2 Å². The molecule has 0 radical (unpaired) electrons. The summed E-state index contributed by atoms with van der Waals surface area (Å²) in [5.41, 5.74) is 0.131. The van der Waals surface area contributed by atoms with Gasteiger partial charge < -0.3 is 10.1 Å². The van der Waals surface area contributed by atoms with Crippen LogP contribution < -0.4 is 16.2 Å². The van der Waals surface area contributed by atoms with Crippen LogP contribution in [0.3, 0.4) is 0 Å². The Bertz CT molecular complexity index is 890. The maximum atomic E-state index is 12.3. The first-order valence-corrected chi connectivity index (χ1v) is 8.03. The lowest BCUT2D eigenvalue weighted by atomic mass is 10.2. The third-order valence-corrected chi connectivity index (χ3v) is 3.36. The van der Waals surface area contributed by atoms with Crippen molar-refractivity contribution in [1.29, 1.82) is 0 Å². The molecule has 0 aliphatic rings. The predicted octanol–water partition coefficient (Wildman–Crippen LogP) is 0.562. The van der Waals surface area contributed by atoms with Gasteiger partial charge in [0, 0.05) is 6.04 Å². The molecule has 0 bridgehead atoms. The number of para-hydroxylation sites is 1. The summed E-state index contributed by atoms with van der Waals surface area (Å²) in [7, 11) is 0. The Hall–Kier alpha value is -3.23. The second-order valence-electron chi connectivity index (χ2n) is 5.94. The quantitative estimate of drug-likeness (QED) is 0.752. The number of hydrogen-bond acceptors (Lipinski definition) is 6. The van der Waals surface area contributed by atoms with Gasteiger partial charge in [0.15, 0.2) is 6.10 Å². The highest BCUT2D eigenvalue weighted by Gasteiger charge is 2.20. The van der Waals surface area contributed by atoms with E-state index in [1.54, 1.807) is 38.1 Å². The highest BCUT2D eigenvalue weighted by Crippen LogP contribution is 2.04. The minimum absolute atomic E-state index is 0.145. The summed E-state index contributed by atoms with van der Waals surface area (Å²) in [6.07, 6.45) is 0.0526. The Morgan fingerprint density at radius 3 is 2.58 bits per heavy atom. The van der Waals surface area contributed by atoms with E-state index in [0.717, 1.165) is 4.57 Å². The smallest absolute Gasteiger partial charge is 0.326 e. The molecule has 9 heteroatoms. The molecule has 138 valence electrons. The number of aromatic nitrogens is 2. The summed E-state index contributed by atoms with van der Waals surface area (Å²) < 4.78 is 6.07. The van der Waals surface area contributed by atoms with Crippen molar-refractivity contribution in [1.82, 2.24) is 20.2 Å². The van der Waals surface area contributed by atoms with Crippen LogP contribution in [-0.2, 0) is 20.9 Å². The van der Waals surface area contributed by atoms with Gasteiger partial charge in [0.2, 0.25) is 0 Å². The molecule has 1 aromatic heterocycles. The summed E-state index contributed by atoms with van der Waals surface area (Å²) in [6.45, 7) is 4.41. The van der Waals surface area contributed by atoms with E-state index in [1.807, 2.05) is 0 Å². The number of carbonyl (C=O) groups excluding carboxylic acids is 3. The molecule has 0 aliphatic heterocycles. The standard InChI is InChI=1S/C17H20N4O5/c1-10(2)19-17(25)20-15(23)11(3)26-14(22)8-21-9-18-13-7-5-4-6-12(13)16(21)24/h4-7,9-11H,8H2,1-3H3,(H2,19,20,23,25)/t11-/m0/s1. The molecular weight excluding hydrogens is 340 g/mol. The Balaban J connectivity index is 1.98. The molecule has 26 heavy (non-hydrogen) atoms. The van der Waals surface area contributed by atoms with Gasteiger partial charge >= 0.3 is 12.0 Å². The van der Waals surface area contributed by atoms with Crippen molar-refractivity contribution < 1.29 is 19.1 Å². The molecule has 0 saturated carbocycles. The van der Waals surface area contributed by atoms with E-state index in [2.05, 4.69) is 15.6 Å². The SMILES string of the molecule is CC(C)NC(=O)NC(=O)[C@H](C)OC(=O)Cn1cnc2ccccc2c1=O. The van der Waals surface area contributed by atoms with Crippen LogP contribution in [0.1, 0.15) is 20.8 Å². The molecule has 2 rings (SSSR count). The number of rotatable bonds is 5. The third-order valence-electron chi connectivity index (χ3n) is 3.36. The fourth-order valence-electron chi connectivity index (χ4n) is 2.16. The number of fused-ring (bicyclic) bond motifs is 1. The molecule has 2 aromatic rings. The molecule has 1 atom stereocenters. The lowest BCUT2D eigenvalue weighted by Crippen LogP contribution is -2.46. The summed E-state index contributed by atoms with van der Waals surface area (Å²) in [4.78, 5) is 51.7. The van der Waals surface area contributed by atoms with Gasteiger partial charge in [0.25, 0.3) is 11.5 Å². The number of imide groups is 1. The van der Waals surface area contributed by atoms with E-state index < -0.39 is 30.6 Å². The molecule has 3 amide bonds. The van der Waals surface area contributed by atoms with Crippen molar-refractivity contribution in [3.05, 3.63) is 40.9 Å². The molecule has 0 fully saturated rings. The van der Waals surface area contributed by atoms with Crippen molar-refractivity contribution in [3.63, 3.8) is 0 Å². The van der Waals surface area contributed by atoms with Crippen LogP contribution in [0.2, 0.25) is 0 Å². The summed E-state index contributed by atoms with van der Waals surface area (Å²) >= 11 is 0. The average Bonchev–Trinajstić information content (AvgIpc) is 2.56.